The lowest BCUT2D eigenvalue weighted by Gasteiger charge is -2.06. The summed E-state index contributed by atoms with van der Waals surface area (Å²) in [5.41, 5.74) is 6.68. The van der Waals surface area contributed by atoms with Gasteiger partial charge in [-0.05, 0) is 6.07 Å². The molecule has 1 aliphatic heterocycles. The highest BCUT2D eigenvalue weighted by atomic mass is 35.5. The number of hydrogen-bond acceptors (Lipinski definition) is 5. The summed E-state index contributed by atoms with van der Waals surface area (Å²) in [6.07, 6.45) is 0. The number of rotatable bonds is 1. The monoisotopic (exact) mass is 267 g/mol. The van der Waals surface area contributed by atoms with Crippen LogP contribution >= 0.6 is 11.6 Å². The second-order valence-corrected chi connectivity index (χ2v) is 4.28. The summed E-state index contributed by atoms with van der Waals surface area (Å²) >= 11 is 6.02. The van der Waals surface area contributed by atoms with Crippen LogP contribution in [0.3, 0.4) is 0 Å². The van der Waals surface area contributed by atoms with Gasteiger partial charge < -0.3 is 20.3 Å². The molecule has 0 saturated heterocycles. The van der Waals surface area contributed by atoms with Gasteiger partial charge in [0.2, 0.25) is 6.79 Å². The number of benzene rings is 1. The fourth-order valence-electron chi connectivity index (χ4n) is 1.80. The van der Waals surface area contributed by atoms with E-state index in [1.165, 1.54) is 4.68 Å². The van der Waals surface area contributed by atoms with Crippen molar-refractivity contribution in [2.24, 2.45) is 7.05 Å². The van der Waals surface area contributed by atoms with Gasteiger partial charge in [0.15, 0.2) is 11.5 Å². The normalized spacial score (nSPS) is 13.0. The smallest absolute Gasteiger partial charge is 0.231 e. The fraction of sp³-hybridized carbons (Fsp3) is 0.182. The topological polar surface area (TPSA) is 82.5 Å². The van der Waals surface area contributed by atoms with Gasteiger partial charge in [0.25, 0.3) is 0 Å². The average molecular weight is 268 g/mol. The van der Waals surface area contributed by atoms with Gasteiger partial charge in [0.1, 0.15) is 16.6 Å². The van der Waals surface area contributed by atoms with Crippen molar-refractivity contribution in [2.45, 2.75) is 0 Å². The van der Waals surface area contributed by atoms with Crippen LogP contribution in [-0.2, 0) is 7.05 Å². The lowest BCUT2D eigenvalue weighted by Crippen LogP contribution is -1.96. The first-order valence-corrected chi connectivity index (χ1v) is 5.56. The van der Waals surface area contributed by atoms with Crippen molar-refractivity contribution in [3.63, 3.8) is 0 Å². The third kappa shape index (κ3) is 1.46. The molecule has 1 aliphatic rings. The summed E-state index contributed by atoms with van der Waals surface area (Å²) < 4.78 is 11.9. The first-order chi connectivity index (χ1) is 8.58. The molecule has 7 heteroatoms. The van der Waals surface area contributed by atoms with Gasteiger partial charge in [0, 0.05) is 18.7 Å². The SMILES string of the molecule is Cn1nc(-c2cc3c(c(Cl)c2O)OCO3)cc1N. The first-order valence-electron chi connectivity index (χ1n) is 5.19. The van der Waals surface area contributed by atoms with E-state index in [4.69, 9.17) is 26.8 Å². The number of nitrogens with zero attached hydrogens (tertiary/aromatic N) is 2. The predicted molar refractivity (Wildman–Crippen MR) is 65.9 cm³/mol. The van der Waals surface area contributed by atoms with Crippen molar-refractivity contribution < 1.29 is 14.6 Å². The maximum absolute atomic E-state index is 10.1. The Bertz CT molecular complexity index is 619. The third-order valence-electron chi connectivity index (χ3n) is 2.77. The predicted octanol–water partition coefficient (Wildman–Crippen LogP) is 1.76. The maximum atomic E-state index is 10.1. The molecule has 0 aliphatic carbocycles. The number of nitrogen functional groups attached to an aromatic ring is 1. The molecule has 0 amide bonds. The van der Waals surface area contributed by atoms with Crippen LogP contribution in [0.4, 0.5) is 5.82 Å². The van der Waals surface area contributed by atoms with Gasteiger partial charge >= 0.3 is 0 Å². The van der Waals surface area contributed by atoms with E-state index >= 15 is 0 Å². The molecule has 0 atom stereocenters. The zero-order valence-corrected chi connectivity index (χ0v) is 10.2. The van der Waals surface area contributed by atoms with E-state index in [0.29, 0.717) is 28.6 Å². The van der Waals surface area contributed by atoms with Gasteiger partial charge in [-0.15, -0.1) is 0 Å². The van der Waals surface area contributed by atoms with Crippen molar-refractivity contribution in [1.29, 1.82) is 0 Å². The van der Waals surface area contributed by atoms with E-state index in [9.17, 15) is 5.11 Å². The molecule has 0 saturated carbocycles. The minimum atomic E-state index is -0.0981. The highest BCUT2D eigenvalue weighted by Crippen LogP contribution is 2.48. The number of ether oxygens (including phenoxy) is 2. The second kappa shape index (κ2) is 3.71. The number of anilines is 1. The number of nitrogens with two attached hydrogens (primary N) is 1. The van der Waals surface area contributed by atoms with Gasteiger partial charge in [-0.1, -0.05) is 11.6 Å². The molecule has 1 aromatic carbocycles. The van der Waals surface area contributed by atoms with Crippen LogP contribution in [0, 0.1) is 0 Å². The van der Waals surface area contributed by atoms with Gasteiger partial charge in [-0.3, -0.25) is 4.68 Å². The number of aromatic nitrogens is 2. The van der Waals surface area contributed by atoms with E-state index in [-0.39, 0.29) is 17.6 Å². The second-order valence-electron chi connectivity index (χ2n) is 3.90. The Morgan fingerprint density at radius 2 is 2.22 bits per heavy atom. The van der Waals surface area contributed by atoms with Crippen LogP contribution in [0.2, 0.25) is 5.02 Å². The van der Waals surface area contributed by atoms with E-state index in [2.05, 4.69) is 5.10 Å². The molecule has 2 aromatic rings. The number of aromatic hydroxyl groups is 1. The number of fused-ring (bicyclic) bond motifs is 1. The largest absolute Gasteiger partial charge is 0.506 e. The van der Waals surface area contributed by atoms with Crippen molar-refractivity contribution in [3.8, 4) is 28.5 Å². The molecule has 0 unspecified atom stereocenters. The summed E-state index contributed by atoms with van der Waals surface area (Å²) in [5.74, 6) is 1.22. The molecule has 18 heavy (non-hydrogen) atoms. The molecule has 3 rings (SSSR count). The minimum absolute atomic E-state index is 0.0856. The zero-order chi connectivity index (χ0) is 12.9. The average Bonchev–Trinajstić information content (AvgIpc) is 2.92. The van der Waals surface area contributed by atoms with Crippen LogP contribution in [-0.4, -0.2) is 21.7 Å². The number of aryl methyl sites for hydroxylation is 1. The van der Waals surface area contributed by atoms with Crippen LogP contribution in [0.5, 0.6) is 17.2 Å². The summed E-state index contributed by atoms with van der Waals surface area (Å²) in [6, 6.07) is 3.28. The highest BCUT2D eigenvalue weighted by Gasteiger charge is 2.24. The van der Waals surface area contributed by atoms with Crippen molar-refractivity contribution in [1.82, 2.24) is 9.78 Å². The van der Waals surface area contributed by atoms with Crippen LogP contribution < -0.4 is 15.2 Å². The van der Waals surface area contributed by atoms with E-state index in [1.807, 2.05) is 0 Å². The van der Waals surface area contributed by atoms with Crippen LogP contribution in [0.1, 0.15) is 0 Å². The van der Waals surface area contributed by atoms with Gasteiger partial charge in [-0.25, -0.2) is 0 Å². The van der Waals surface area contributed by atoms with Crippen molar-refractivity contribution in [2.75, 3.05) is 12.5 Å². The Morgan fingerprint density at radius 3 is 2.89 bits per heavy atom. The zero-order valence-electron chi connectivity index (χ0n) is 9.48. The summed E-state index contributed by atoms with van der Waals surface area (Å²) in [4.78, 5) is 0. The van der Waals surface area contributed by atoms with Gasteiger partial charge in [-0.2, -0.15) is 5.10 Å². The maximum Gasteiger partial charge on any atom is 0.231 e. The Hall–Kier alpha value is -2.08. The summed E-state index contributed by atoms with van der Waals surface area (Å²) in [6.45, 7) is 0.0856. The van der Waals surface area contributed by atoms with Crippen LogP contribution in [0.25, 0.3) is 11.3 Å². The summed E-state index contributed by atoms with van der Waals surface area (Å²) in [7, 11) is 1.71. The van der Waals surface area contributed by atoms with Crippen LogP contribution in [0.15, 0.2) is 12.1 Å². The molecule has 94 valence electrons. The van der Waals surface area contributed by atoms with Crippen molar-refractivity contribution in [3.05, 3.63) is 17.2 Å². The number of hydrogen-bond donors (Lipinski definition) is 2. The molecule has 2 heterocycles. The molecule has 0 bridgehead atoms. The Labute approximate surface area is 107 Å². The molecule has 0 fully saturated rings. The molecule has 0 radical (unpaired) electrons. The molecule has 0 spiro atoms. The fourth-order valence-corrected chi connectivity index (χ4v) is 2.05. The lowest BCUT2D eigenvalue weighted by atomic mass is 10.1. The lowest BCUT2D eigenvalue weighted by molar-refractivity contribution is 0.174. The molecular weight excluding hydrogens is 258 g/mol. The summed E-state index contributed by atoms with van der Waals surface area (Å²) in [5, 5.41) is 14.4. The van der Waals surface area contributed by atoms with E-state index in [1.54, 1.807) is 19.2 Å². The van der Waals surface area contributed by atoms with E-state index in [0.717, 1.165) is 0 Å². The van der Waals surface area contributed by atoms with Gasteiger partial charge in [0.05, 0.1) is 5.69 Å². The number of phenolic OH excluding ortho intramolecular Hbond substituents is 1. The Kier molecular flexibility index (Phi) is 2.27. The Morgan fingerprint density at radius 1 is 1.44 bits per heavy atom. The molecule has 1 aromatic heterocycles. The van der Waals surface area contributed by atoms with Crippen molar-refractivity contribution >= 4 is 17.4 Å². The number of phenols is 1. The molecule has 3 N–H and O–H groups in total. The molecule has 6 nitrogen and oxygen atoms in total. The highest BCUT2D eigenvalue weighted by molar-refractivity contribution is 6.34. The Balaban J connectivity index is 2.21. The first kappa shape index (κ1) is 11.0. The molecular formula is C11H10ClN3O3. The van der Waals surface area contributed by atoms with E-state index < -0.39 is 0 Å². The standard InChI is InChI=1S/C11H10ClN3O3/c1-15-8(13)3-6(14-15)5-2-7-11(18-4-17-7)9(12)10(5)16/h2-3,16H,4,13H2,1H3. The minimum Gasteiger partial charge on any atom is -0.506 e. The number of halogens is 1. The third-order valence-corrected chi connectivity index (χ3v) is 3.12. The quantitative estimate of drug-likeness (QED) is 0.823.